The van der Waals surface area contributed by atoms with E-state index < -0.39 is 0 Å². The second-order valence-corrected chi connectivity index (χ2v) is 3.51. The summed E-state index contributed by atoms with van der Waals surface area (Å²) in [5.74, 6) is 0.567. The molecule has 0 aliphatic heterocycles. The van der Waals surface area contributed by atoms with E-state index in [1.165, 1.54) is 25.7 Å². The van der Waals surface area contributed by atoms with E-state index in [1.807, 2.05) is 0 Å². The number of nitrogens with two attached hydrogens (primary N) is 1. The number of nitrogens with one attached hydrogen (secondary N) is 1. The summed E-state index contributed by atoms with van der Waals surface area (Å²) in [5, 5.41) is 6.96. The van der Waals surface area contributed by atoms with E-state index in [2.05, 4.69) is 24.0 Å². The lowest BCUT2D eigenvalue weighted by atomic mass is 9.94. The number of aromatic amines is 1. The van der Waals surface area contributed by atoms with Crippen LogP contribution in [0.15, 0.2) is 6.20 Å². The largest absolute Gasteiger partial charge is 0.396 e. The normalized spacial score (nSPS) is 11.0. The fraction of sp³-hybridized carbons (Fsp3) is 0.700. The van der Waals surface area contributed by atoms with Gasteiger partial charge in [0.05, 0.1) is 17.6 Å². The summed E-state index contributed by atoms with van der Waals surface area (Å²) in [7, 11) is 0. The van der Waals surface area contributed by atoms with Crippen LogP contribution in [0.3, 0.4) is 0 Å². The van der Waals surface area contributed by atoms with E-state index >= 15 is 0 Å². The van der Waals surface area contributed by atoms with Crippen molar-refractivity contribution in [3.8, 4) is 0 Å². The van der Waals surface area contributed by atoms with E-state index in [4.69, 9.17) is 5.73 Å². The van der Waals surface area contributed by atoms with Crippen molar-refractivity contribution in [3.05, 3.63) is 11.9 Å². The quantitative estimate of drug-likeness (QED) is 0.733. The third-order valence-corrected chi connectivity index (χ3v) is 2.38. The second kappa shape index (κ2) is 4.90. The Morgan fingerprint density at radius 1 is 1.38 bits per heavy atom. The Bertz CT molecular complexity index is 236. The van der Waals surface area contributed by atoms with Gasteiger partial charge < -0.3 is 5.73 Å². The average Bonchev–Trinajstić information content (AvgIpc) is 2.51. The Labute approximate surface area is 79.7 Å². The molecule has 0 amide bonds. The van der Waals surface area contributed by atoms with Crippen LogP contribution in [0.25, 0.3) is 0 Å². The maximum Gasteiger partial charge on any atom is 0.0733 e. The molecule has 0 aliphatic rings. The van der Waals surface area contributed by atoms with Crippen molar-refractivity contribution in [2.45, 2.75) is 45.4 Å². The molecule has 0 fully saturated rings. The van der Waals surface area contributed by atoms with Crippen molar-refractivity contribution < 1.29 is 0 Å². The summed E-state index contributed by atoms with van der Waals surface area (Å²) in [4.78, 5) is 0. The van der Waals surface area contributed by atoms with Crippen LogP contribution in [0.4, 0.5) is 5.69 Å². The van der Waals surface area contributed by atoms with Gasteiger partial charge in [-0.2, -0.15) is 5.10 Å². The molecule has 0 unspecified atom stereocenters. The number of anilines is 1. The molecule has 0 saturated carbocycles. The van der Waals surface area contributed by atoms with Crippen LogP contribution in [0, 0.1) is 0 Å². The Balaban J connectivity index is 2.69. The van der Waals surface area contributed by atoms with E-state index in [0.29, 0.717) is 5.92 Å². The molecular formula is C10H19N3. The topological polar surface area (TPSA) is 54.7 Å². The first-order valence-electron chi connectivity index (χ1n) is 5.08. The van der Waals surface area contributed by atoms with Gasteiger partial charge in [0.1, 0.15) is 0 Å². The smallest absolute Gasteiger partial charge is 0.0733 e. The molecule has 0 saturated heterocycles. The minimum absolute atomic E-state index is 0.567. The van der Waals surface area contributed by atoms with Crippen molar-refractivity contribution in [3.63, 3.8) is 0 Å². The number of nitrogen functional groups attached to an aromatic ring is 1. The van der Waals surface area contributed by atoms with Crippen LogP contribution in [0.2, 0.25) is 0 Å². The Morgan fingerprint density at radius 3 is 2.38 bits per heavy atom. The van der Waals surface area contributed by atoms with E-state index in [1.54, 1.807) is 6.20 Å². The predicted octanol–water partition coefficient (Wildman–Crippen LogP) is 2.68. The zero-order chi connectivity index (χ0) is 9.68. The highest BCUT2D eigenvalue weighted by Crippen LogP contribution is 2.28. The molecule has 3 N–H and O–H groups in total. The van der Waals surface area contributed by atoms with Gasteiger partial charge in [-0.15, -0.1) is 0 Å². The second-order valence-electron chi connectivity index (χ2n) is 3.51. The molecule has 0 aromatic carbocycles. The molecule has 74 valence electrons. The third kappa shape index (κ3) is 2.47. The van der Waals surface area contributed by atoms with Crippen LogP contribution < -0.4 is 5.73 Å². The molecular weight excluding hydrogens is 162 g/mol. The van der Waals surface area contributed by atoms with Crippen molar-refractivity contribution in [2.24, 2.45) is 0 Å². The van der Waals surface area contributed by atoms with Crippen molar-refractivity contribution >= 4 is 5.69 Å². The first-order valence-corrected chi connectivity index (χ1v) is 5.08. The fourth-order valence-electron chi connectivity index (χ4n) is 1.76. The van der Waals surface area contributed by atoms with Crippen LogP contribution in [0.1, 0.15) is 51.1 Å². The van der Waals surface area contributed by atoms with Gasteiger partial charge in [0.25, 0.3) is 0 Å². The lowest BCUT2D eigenvalue weighted by molar-refractivity contribution is 0.548. The highest BCUT2D eigenvalue weighted by molar-refractivity contribution is 5.42. The zero-order valence-electron chi connectivity index (χ0n) is 8.51. The minimum Gasteiger partial charge on any atom is -0.396 e. The molecule has 1 aromatic heterocycles. The zero-order valence-corrected chi connectivity index (χ0v) is 8.51. The number of hydrogen-bond donors (Lipinski definition) is 2. The number of rotatable bonds is 5. The van der Waals surface area contributed by atoms with Gasteiger partial charge in [0.15, 0.2) is 0 Å². The summed E-state index contributed by atoms with van der Waals surface area (Å²) in [6, 6.07) is 0. The summed E-state index contributed by atoms with van der Waals surface area (Å²) in [6.45, 7) is 4.41. The van der Waals surface area contributed by atoms with Crippen LogP contribution in [0.5, 0.6) is 0 Å². The number of H-pyrrole nitrogens is 1. The van der Waals surface area contributed by atoms with Gasteiger partial charge in [0.2, 0.25) is 0 Å². The SMILES string of the molecule is CCCC(CCC)c1[nH]ncc1N. The van der Waals surface area contributed by atoms with Gasteiger partial charge in [-0.05, 0) is 12.8 Å². The Hall–Kier alpha value is -0.990. The molecule has 1 aromatic rings. The molecule has 0 spiro atoms. The number of nitrogens with zero attached hydrogens (tertiary/aromatic N) is 1. The highest BCUT2D eigenvalue weighted by atomic mass is 15.1. The molecule has 3 heteroatoms. The summed E-state index contributed by atoms with van der Waals surface area (Å²) in [6.07, 6.45) is 6.49. The summed E-state index contributed by atoms with van der Waals surface area (Å²) >= 11 is 0. The van der Waals surface area contributed by atoms with Gasteiger partial charge in [0, 0.05) is 5.92 Å². The van der Waals surface area contributed by atoms with E-state index in [-0.39, 0.29) is 0 Å². The minimum atomic E-state index is 0.567. The summed E-state index contributed by atoms with van der Waals surface area (Å²) in [5.41, 5.74) is 7.75. The average molecular weight is 181 g/mol. The van der Waals surface area contributed by atoms with Crippen molar-refractivity contribution in [1.82, 2.24) is 10.2 Å². The van der Waals surface area contributed by atoms with Crippen LogP contribution >= 0.6 is 0 Å². The number of hydrogen-bond acceptors (Lipinski definition) is 2. The van der Waals surface area contributed by atoms with E-state index in [9.17, 15) is 0 Å². The highest BCUT2D eigenvalue weighted by Gasteiger charge is 2.13. The molecule has 13 heavy (non-hydrogen) atoms. The lowest BCUT2D eigenvalue weighted by Crippen LogP contribution is -2.02. The fourth-order valence-corrected chi connectivity index (χ4v) is 1.76. The maximum atomic E-state index is 5.81. The standard InChI is InChI=1S/C10H19N3/c1-3-5-8(6-4-2)10-9(11)7-12-13-10/h7-8H,3-6,11H2,1-2H3,(H,12,13). The molecule has 0 aliphatic carbocycles. The van der Waals surface area contributed by atoms with Gasteiger partial charge >= 0.3 is 0 Å². The lowest BCUT2D eigenvalue weighted by Gasteiger charge is -2.13. The summed E-state index contributed by atoms with van der Waals surface area (Å²) < 4.78 is 0. The third-order valence-electron chi connectivity index (χ3n) is 2.38. The Morgan fingerprint density at radius 2 is 2.00 bits per heavy atom. The van der Waals surface area contributed by atoms with Crippen LogP contribution in [-0.4, -0.2) is 10.2 Å². The maximum absolute atomic E-state index is 5.81. The molecule has 1 heterocycles. The van der Waals surface area contributed by atoms with Gasteiger partial charge in [-0.25, -0.2) is 0 Å². The molecule has 0 bridgehead atoms. The van der Waals surface area contributed by atoms with Gasteiger partial charge in [-0.1, -0.05) is 26.7 Å². The van der Waals surface area contributed by atoms with Gasteiger partial charge in [-0.3, -0.25) is 5.10 Å². The van der Waals surface area contributed by atoms with Crippen LogP contribution in [-0.2, 0) is 0 Å². The first kappa shape index (κ1) is 10.1. The molecule has 0 atom stereocenters. The predicted molar refractivity (Wildman–Crippen MR) is 55.6 cm³/mol. The van der Waals surface area contributed by atoms with Crippen molar-refractivity contribution in [1.29, 1.82) is 0 Å². The number of aromatic nitrogens is 2. The first-order chi connectivity index (χ1) is 6.29. The van der Waals surface area contributed by atoms with Crippen molar-refractivity contribution in [2.75, 3.05) is 5.73 Å². The monoisotopic (exact) mass is 181 g/mol. The molecule has 1 rings (SSSR count). The molecule has 3 nitrogen and oxygen atoms in total. The molecule has 0 radical (unpaired) electrons. The van der Waals surface area contributed by atoms with E-state index in [0.717, 1.165) is 11.4 Å². The Kier molecular flexibility index (Phi) is 3.80.